The molecule has 2 heterocycles. The quantitative estimate of drug-likeness (QED) is 0.548. The van der Waals surface area contributed by atoms with Crippen molar-refractivity contribution >= 4 is 23.7 Å². The van der Waals surface area contributed by atoms with E-state index in [4.69, 9.17) is 25.5 Å². The van der Waals surface area contributed by atoms with Gasteiger partial charge in [0, 0.05) is 5.56 Å². The van der Waals surface area contributed by atoms with Crippen LogP contribution in [0.1, 0.15) is 5.76 Å². The number of halogens is 1. The summed E-state index contributed by atoms with van der Waals surface area (Å²) in [6.07, 6.45) is 0.642. The van der Waals surface area contributed by atoms with E-state index in [0.29, 0.717) is 28.0 Å². The van der Waals surface area contributed by atoms with Crippen molar-refractivity contribution in [2.24, 2.45) is 5.10 Å². The smallest absolute Gasteiger partial charge is 0.284 e. The van der Waals surface area contributed by atoms with E-state index < -0.39 is 12.0 Å². The Morgan fingerprint density at radius 1 is 1.07 bits per heavy atom. The first kappa shape index (κ1) is 17.2. The fourth-order valence-corrected chi connectivity index (χ4v) is 2.84. The third-order valence-corrected chi connectivity index (χ3v) is 4.26. The molecule has 0 bridgehead atoms. The molecule has 1 N–H and O–H groups in total. The summed E-state index contributed by atoms with van der Waals surface area (Å²) in [6.45, 7) is 0.121. The molecule has 2 aromatic carbocycles. The van der Waals surface area contributed by atoms with Crippen LogP contribution in [0.5, 0.6) is 11.5 Å². The zero-order valence-corrected chi connectivity index (χ0v) is 14.8. The predicted octanol–water partition coefficient (Wildman–Crippen LogP) is 3.89. The molecule has 0 saturated carbocycles. The topological polar surface area (TPSA) is 73.1 Å². The fourth-order valence-electron chi connectivity index (χ4n) is 2.61. The molecule has 3 aromatic rings. The van der Waals surface area contributed by atoms with Crippen molar-refractivity contribution in [1.29, 1.82) is 0 Å². The minimum absolute atomic E-state index is 0.121. The number of ether oxygens (including phenoxy) is 2. The normalized spacial score (nSPS) is 15.7. The van der Waals surface area contributed by atoms with E-state index in [1.165, 1.54) is 6.21 Å². The predicted molar refractivity (Wildman–Crippen MR) is 101 cm³/mol. The molecule has 136 valence electrons. The molecule has 1 atom stereocenters. The maximum atomic E-state index is 12.2. The highest BCUT2D eigenvalue weighted by Gasteiger charge is 2.27. The number of carbonyl (C=O) groups is 1. The Hall–Kier alpha value is -3.25. The van der Waals surface area contributed by atoms with Gasteiger partial charge in [0.1, 0.15) is 18.1 Å². The number of fused-ring (bicyclic) bond motifs is 1. The zero-order valence-electron chi connectivity index (χ0n) is 14.1. The van der Waals surface area contributed by atoms with Gasteiger partial charge in [-0.05, 0) is 36.4 Å². The third-order valence-electron chi connectivity index (χ3n) is 3.93. The van der Waals surface area contributed by atoms with Gasteiger partial charge in [-0.3, -0.25) is 4.79 Å². The van der Waals surface area contributed by atoms with Crippen LogP contribution in [0.15, 0.2) is 70.2 Å². The summed E-state index contributed by atoms with van der Waals surface area (Å²) in [7, 11) is 0. The minimum atomic E-state index is -0.771. The molecule has 0 aliphatic carbocycles. The zero-order chi connectivity index (χ0) is 18.6. The van der Waals surface area contributed by atoms with Crippen LogP contribution in [0.25, 0.3) is 11.3 Å². The van der Waals surface area contributed by atoms with Crippen LogP contribution in [0.4, 0.5) is 0 Å². The molecule has 1 unspecified atom stereocenters. The second-order valence-corrected chi connectivity index (χ2v) is 6.19. The summed E-state index contributed by atoms with van der Waals surface area (Å²) >= 11 is 6.16. The number of nitrogens with zero attached hydrogens (tertiary/aromatic N) is 1. The number of hydrazone groups is 1. The Kier molecular flexibility index (Phi) is 4.80. The monoisotopic (exact) mass is 382 g/mol. The molecule has 4 rings (SSSR count). The number of para-hydroxylation sites is 2. The van der Waals surface area contributed by atoms with Gasteiger partial charge in [0.2, 0.25) is 6.10 Å². The first-order chi connectivity index (χ1) is 13.2. The van der Waals surface area contributed by atoms with Crippen LogP contribution in [-0.2, 0) is 4.79 Å². The van der Waals surface area contributed by atoms with Crippen molar-refractivity contribution < 1.29 is 18.7 Å². The summed E-state index contributed by atoms with van der Waals surface area (Å²) in [6, 6.07) is 18.1. The van der Waals surface area contributed by atoms with Gasteiger partial charge >= 0.3 is 0 Å². The Morgan fingerprint density at radius 3 is 2.70 bits per heavy atom. The largest absolute Gasteiger partial charge is 0.485 e. The Balaban J connectivity index is 1.37. The lowest BCUT2D eigenvalue weighted by Gasteiger charge is -2.24. The average molecular weight is 383 g/mol. The number of furan rings is 1. The van der Waals surface area contributed by atoms with Crippen LogP contribution >= 0.6 is 11.6 Å². The lowest BCUT2D eigenvalue weighted by molar-refractivity contribution is -0.130. The van der Waals surface area contributed by atoms with E-state index in [0.717, 1.165) is 5.56 Å². The third kappa shape index (κ3) is 3.80. The standard InChI is InChI=1S/C20H15ClN2O4/c21-15-6-2-1-5-14(15)16-10-9-13(26-16)11-22-23-20(24)19-12-25-17-7-3-4-8-18(17)27-19/h1-11,19H,12H2,(H,23,24)/b22-11+. The summed E-state index contributed by atoms with van der Waals surface area (Å²) in [5.41, 5.74) is 3.22. The molecule has 0 saturated heterocycles. The highest BCUT2D eigenvalue weighted by Crippen LogP contribution is 2.31. The molecule has 27 heavy (non-hydrogen) atoms. The molecule has 1 aromatic heterocycles. The Labute approximate surface area is 160 Å². The summed E-state index contributed by atoms with van der Waals surface area (Å²) < 4.78 is 16.8. The van der Waals surface area contributed by atoms with E-state index in [9.17, 15) is 4.79 Å². The van der Waals surface area contributed by atoms with E-state index in [1.54, 1.807) is 30.3 Å². The number of amides is 1. The Bertz CT molecular complexity index is 999. The van der Waals surface area contributed by atoms with Crippen LogP contribution in [0, 0.1) is 0 Å². The molecule has 6 nitrogen and oxygen atoms in total. The van der Waals surface area contributed by atoms with Crippen molar-refractivity contribution in [3.8, 4) is 22.8 Å². The number of nitrogens with one attached hydrogen (secondary N) is 1. The van der Waals surface area contributed by atoms with E-state index in [2.05, 4.69) is 10.5 Å². The second kappa shape index (κ2) is 7.55. The van der Waals surface area contributed by atoms with Crippen LogP contribution in [0.2, 0.25) is 5.02 Å². The maximum absolute atomic E-state index is 12.2. The van der Waals surface area contributed by atoms with Crippen molar-refractivity contribution in [2.45, 2.75) is 6.10 Å². The number of hydrogen-bond donors (Lipinski definition) is 1. The highest BCUT2D eigenvalue weighted by atomic mass is 35.5. The minimum Gasteiger partial charge on any atom is -0.485 e. The van der Waals surface area contributed by atoms with E-state index in [-0.39, 0.29) is 6.61 Å². The van der Waals surface area contributed by atoms with Gasteiger partial charge < -0.3 is 13.9 Å². The van der Waals surface area contributed by atoms with Crippen LogP contribution < -0.4 is 14.9 Å². The lowest BCUT2D eigenvalue weighted by atomic mass is 10.2. The molecule has 7 heteroatoms. The fraction of sp³-hybridized carbons (Fsp3) is 0.100. The lowest BCUT2D eigenvalue weighted by Crippen LogP contribution is -2.42. The van der Waals surface area contributed by atoms with E-state index in [1.807, 2.05) is 30.3 Å². The highest BCUT2D eigenvalue weighted by molar-refractivity contribution is 6.33. The molecular weight excluding hydrogens is 368 g/mol. The van der Waals surface area contributed by atoms with Crippen LogP contribution in [-0.4, -0.2) is 24.8 Å². The molecule has 0 radical (unpaired) electrons. The van der Waals surface area contributed by atoms with Crippen molar-refractivity contribution in [1.82, 2.24) is 5.43 Å². The average Bonchev–Trinajstić information content (AvgIpc) is 3.16. The summed E-state index contributed by atoms with van der Waals surface area (Å²) in [4.78, 5) is 12.2. The van der Waals surface area contributed by atoms with Gasteiger partial charge in [0.05, 0.1) is 11.2 Å². The number of benzene rings is 2. The second-order valence-electron chi connectivity index (χ2n) is 5.78. The molecule has 1 amide bonds. The number of rotatable bonds is 4. The summed E-state index contributed by atoms with van der Waals surface area (Å²) in [5.74, 6) is 1.85. The Morgan fingerprint density at radius 2 is 1.85 bits per heavy atom. The van der Waals surface area contributed by atoms with Gasteiger partial charge in [-0.2, -0.15) is 5.10 Å². The van der Waals surface area contributed by atoms with Gasteiger partial charge in [-0.25, -0.2) is 5.43 Å². The molecule has 0 spiro atoms. The molecule has 1 aliphatic heterocycles. The van der Waals surface area contributed by atoms with Crippen molar-refractivity contribution in [2.75, 3.05) is 6.61 Å². The number of hydrogen-bond acceptors (Lipinski definition) is 5. The van der Waals surface area contributed by atoms with Crippen molar-refractivity contribution in [3.05, 3.63) is 71.4 Å². The first-order valence-electron chi connectivity index (χ1n) is 8.27. The number of carbonyl (C=O) groups excluding carboxylic acids is 1. The maximum Gasteiger partial charge on any atom is 0.284 e. The van der Waals surface area contributed by atoms with Crippen molar-refractivity contribution in [3.63, 3.8) is 0 Å². The van der Waals surface area contributed by atoms with Gasteiger partial charge in [0.25, 0.3) is 5.91 Å². The van der Waals surface area contributed by atoms with Crippen LogP contribution in [0.3, 0.4) is 0 Å². The van der Waals surface area contributed by atoms with Gasteiger partial charge in [0.15, 0.2) is 11.5 Å². The molecule has 1 aliphatic rings. The first-order valence-corrected chi connectivity index (χ1v) is 8.64. The molecule has 0 fully saturated rings. The SMILES string of the molecule is O=C(N/N=C/c1ccc(-c2ccccc2Cl)o1)C1COc2ccccc2O1. The summed E-state index contributed by atoms with van der Waals surface area (Å²) in [5, 5.41) is 4.51. The van der Waals surface area contributed by atoms with Gasteiger partial charge in [-0.1, -0.05) is 35.9 Å². The molecular formula is C20H15ClN2O4. The van der Waals surface area contributed by atoms with E-state index >= 15 is 0 Å². The van der Waals surface area contributed by atoms with Gasteiger partial charge in [-0.15, -0.1) is 0 Å².